The molecule has 0 amide bonds. The van der Waals surface area contributed by atoms with Crippen molar-refractivity contribution < 1.29 is 0 Å². The summed E-state index contributed by atoms with van der Waals surface area (Å²) < 4.78 is 0. The van der Waals surface area contributed by atoms with Crippen molar-refractivity contribution in [1.82, 2.24) is 4.90 Å². The minimum Gasteiger partial charge on any atom is -0.343 e. The van der Waals surface area contributed by atoms with Crippen LogP contribution in [0, 0.1) is 0 Å². The van der Waals surface area contributed by atoms with Crippen LogP contribution in [0.25, 0.3) is 0 Å². The van der Waals surface area contributed by atoms with Crippen LogP contribution < -0.4 is 5.32 Å². The van der Waals surface area contributed by atoms with E-state index in [4.69, 9.17) is 16.6 Å². The van der Waals surface area contributed by atoms with Crippen LogP contribution >= 0.6 is 11.6 Å². The fraction of sp³-hybridized carbons (Fsp3) is 0.278. The van der Waals surface area contributed by atoms with E-state index in [1.165, 1.54) is 18.4 Å². The van der Waals surface area contributed by atoms with Crippen molar-refractivity contribution in [2.75, 3.05) is 18.4 Å². The number of nitrogens with zero attached hydrogens (tertiary/aromatic N) is 2. The molecule has 2 aliphatic heterocycles. The molecule has 0 spiro atoms. The first kappa shape index (κ1) is 13.6. The summed E-state index contributed by atoms with van der Waals surface area (Å²) >= 11 is 6.21. The molecule has 2 heterocycles. The van der Waals surface area contributed by atoms with Crippen molar-refractivity contribution in [3.8, 4) is 0 Å². The SMILES string of the molecule is Clc1ccc2c(c1)[C@H](c1ccccc1)N=C(N1CCCC1)N2. The lowest BCUT2D eigenvalue weighted by atomic mass is 9.96. The number of nitrogens with one attached hydrogen (secondary N) is 1. The van der Waals surface area contributed by atoms with Gasteiger partial charge in [0.25, 0.3) is 0 Å². The lowest BCUT2D eigenvalue weighted by molar-refractivity contribution is 0.510. The summed E-state index contributed by atoms with van der Waals surface area (Å²) in [4.78, 5) is 7.33. The molecule has 4 heteroatoms. The highest BCUT2D eigenvalue weighted by atomic mass is 35.5. The molecule has 2 aromatic carbocycles. The van der Waals surface area contributed by atoms with E-state index >= 15 is 0 Å². The first-order valence-corrected chi connectivity index (χ1v) is 8.13. The number of likely N-dealkylation sites (tertiary alicyclic amines) is 1. The lowest BCUT2D eigenvalue weighted by Crippen LogP contribution is -2.36. The third-order valence-corrected chi connectivity index (χ3v) is 4.56. The Morgan fingerprint density at radius 2 is 1.82 bits per heavy atom. The number of hydrogen-bond acceptors (Lipinski definition) is 3. The Bertz CT molecular complexity index is 706. The Kier molecular flexibility index (Phi) is 3.51. The molecule has 1 N–H and O–H groups in total. The van der Waals surface area contributed by atoms with Gasteiger partial charge in [0, 0.05) is 29.4 Å². The number of halogens is 1. The molecule has 1 saturated heterocycles. The molecule has 1 atom stereocenters. The van der Waals surface area contributed by atoms with Gasteiger partial charge in [0.05, 0.1) is 0 Å². The van der Waals surface area contributed by atoms with Crippen molar-refractivity contribution in [1.29, 1.82) is 0 Å². The van der Waals surface area contributed by atoms with Gasteiger partial charge in [-0.05, 0) is 36.6 Å². The average molecular weight is 312 g/mol. The quantitative estimate of drug-likeness (QED) is 0.850. The number of hydrogen-bond donors (Lipinski definition) is 1. The Labute approximate surface area is 135 Å². The molecule has 4 rings (SSSR count). The summed E-state index contributed by atoms with van der Waals surface area (Å²) in [5.41, 5.74) is 3.45. The first-order chi connectivity index (χ1) is 10.8. The second kappa shape index (κ2) is 5.65. The van der Waals surface area contributed by atoms with E-state index in [1.54, 1.807) is 0 Å². The molecule has 112 valence electrons. The third kappa shape index (κ3) is 2.46. The summed E-state index contributed by atoms with van der Waals surface area (Å²) in [6.45, 7) is 2.16. The van der Waals surface area contributed by atoms with Crippen LogP contribution in [0.4, 0.5) is 5.69 Å². The van der Waals surface area contributed by atoms with Gasteiger partial charge >= 0.3 is 0 Å². The van der Waals surface area contributed by atoms with Crippen molar-refractivity contribution in [3.63, 3.8) is 0 Å². The van der Waals surface area contributed by atoms with Crippen molar-refractivity contribution in [2.24, 2.45) is 4.99 Å². The van der Waals surface area contributed by atoms with Gasteiger partial charge in [-0.2, -0.15) is 0 Å². The molecule has 2 aliphatic rings. The maximum Gasteiger partial charge on any atom is 0.199 e. The van der Waals surface area contributed by atoms with Crippen LogP contribution in [0.2, 0.25) is 5.02 Å². The van der Waals surface area contributed by atoms with E-state index in [9.17, 15) is 0 Å². The number of rotatable bonds is 1. The van der Waals surface area contributed by atoms with Gasteiger partial charge in [0.15, 0.2) is 5.96 Å². The number of guanidine groups is 1. The Balaban J connectivity index is 1.80. The zero-order valence-corrected chi connectivity index (χ0v) is 13.1. The third-order valence-electron chi connectivity index (χ3n) is 4.33. The highest BCUT2D eigenvalue weighted by molar-refractivity contribution is 6.30. The second-order valence-corrected chi connectivity index (χ2v) is 6.25. The highest BCUT2D eigenvalue weighted by Gasteiger charge is 2.26. The first-order valence-electron chi connectivity index (χ1n) is 7.75. The van der Waals surface area contributed by atoms with Crippen molar-refractivity contribution >= 4 is 23.2 Å². The van der Waals surface area contributed by atoms with Gasteiger partial charge in [-0.15, -0.1) is 0 Å². The lowest BCUT2D eigenvalue weighted by Gasteiger charge is -2.30. The Hall–Kier alpha value is -2.00. The molecule has 3 nitrogen and oxygen atoms in total. The molecule has 0 bridgehead atoms. The maximum absolute atomic E-state index is 6.21. The van der Waals surface area contributed by atoms with Gasteiger partial charge < -0.3 is 10.2 Å². The van der Waals surface area contributed by atoms with Crippen LogP contribution in [0.15, 0.2) is 53.5 Å². The van der Waals surface area contributed by atoms with E-state index in [0.29, 0.717) is 0 Å². The summed E-state index contributed by atoms with van der Waals surface area (Å²) in [6, 6.07) is 16.4. The predicted molar refractivity (Wildman–Crippen MR) is 91.6 cm³/mol. The summed E-state index contributed by atoms with van der Waals surface area (Å²) in [6.07, 6.45) is 2.48. The molecule has 0 radical (unpaired) electrons. The smallest absolute Gasteiger partial charge is 0.199 e. The fourth-order valence-electron chi connectivity index (χ4n) is 3.20. The molecule has 1 fully saturated rings. The van der Waals surface area contributed by atoms with E-state index in [-0.39, 0.29) is 6.04 Å². The minimum atomic E-state index is 0.00625. The molecule has 22 heavy (non-hydrogen) atoms. The van der Waals surface area contributed by atoms with Gasteiger partial charge in [-0.25, -0.2) is 4.99 Å². The molecular weight excluding hydrogens is 294 g/mol. The summed E-state index contributed by atoms with van der Waals surface area (Å²) in [5, 5.41) is 4.23. The molecule has 0 aliphatic carbocycles. The molecule has 2 aromatic rings. The topological polar surface area (TPSA) is 27.6 Å². The maximum atomic E-state index is 6.21. The fourth-order valence-corrected chi connectivity index (χ4v) is 3.38. The number of aliphatic imine (C=N–C) groups is 1. The van der Waals surface area contributed by atoms with E-state index in [1.807, 2.05) is 18.2 Å². The highest BCUT2D eigenvalue weighted by Crippen LogP contribution is 2.37. The average Bonchev–Trinajstić information content (AvgIpc) is 3.09. The standard InChI is InChI=1S/C18H18ClN3/c19-14-8-9-16-15(12-14)17(13-6-2-1-3-7-13)21-18(20-16)22-10-4-5-11-22/h1-3,6-9,12,17H,4-5,10-11H2,(H,20,21)/t17-/m0/s1. The monoisotopic (exact) mass is 311 g/mol. The largest absolute Gasteiger partial charge is 0.343 e. The normalized spacial score (nSPS) is 20.3. The van der Waals surface area contributed by atoms with Crippen LogP contribution in [0.1, 0.15) is 30.0 Å². The molecule has 0 aromatic heterocycles. The Morgan fingerprint density at radius 1 is 1.05 bits per heavy atom. The van der Waals surface area contributed by atoms with Gasteiger partial charge in [-0.1, -0.05) is 41.9 Å². The molecular formula is C18H18ClN3. The van der Waals surface area contributed by atoms with Gasteiger partial charge in [0.2, 0.25) is 0 Å². The van der Waals surface area contributed by atoms with Gasteiger partial charge in [-0.3, -0.25) is 0 Å². The summed E-state index contributed by atoms with van der Waals surface area (Å²) in [5.74, 6) is 0.987. The minimum absolute atomic E-state index is 0.00625. The van der Waals surface area contributed by atoms with Crippen molar-refractivity contribution in [3.05, 3.63) is 64.7 Å². The van der Waals surface area contributed by atoms with E-state index in [2.05, 4.69) is 40.5 Å². The number of benzene rings is 2. The molecule has 0 saturated carbocycles. The number of fused-ring (bicyclic) bond motifs is 1. The predicted octanol–water partition coefficient (Wildman–Crippen LogP) is 4.31. The van der Waals surface area contributed by atoms with Crippen molar-refractivity contribution in [2.45, 2.75) is 18.9 Å². The van der Waals surface area contributed by atoms with Crippen LogP contribution in [0.3, 0.4) is 0 Å². The zero-order valence-electron chi connectivity index (χ0n) is 12.3. The van der Waals surface area contributed by atoms with E-state index in [0.717, 1.165) is 35.3 Å². The van der Waals surface area contributed by atoms with E-state index < -0.39 is 0 Å². The van der Waals surface area contributed by atoms with Crippen LogP contribution in [0.5, 0.6) is 0 Å². The van der Waals surface area contributed by atoms with Crippen LogP contribution in [-0.4, -0.2) is 23.9 Å². The zero-order chi connectivity index (χ0) is 14.9. The number of anilines is 1. The Morgan fingerprint density at radius 3 is 2.59 bits per heavy atom. The molecule has 0 unspecified atom stereocenters. The second-order valence-electron chi connectivity index (χ2n) is 5.82. The van der Waals surface area contributed by atoms with Gasteiger partial charge in [0.1, 0.15) is 6.04 Å². The summed E-state index contributed by atoms with van der Waals surface area (Å²) in [7, 11) is 0. The van der Waals surface area contributed by atoms with Crippen LogP contribution in [-0.2, 0) is 0 Å².